The minimum absolute atomic E-state index is 0.0585. The first-order valence-electron chi connectivity index (χ1n) is 10.4. The third-order valence-corrected chi connectivity index (χ3v) is 7.75. The maximum atomic E-state index is 11.6. The summed E-state index contributed by atoms with van der Waals surface area (Å²) >= 11 is 1.89. The zero-order valence-corrected chi connectivity index (χ0v) is 17.8. The maximum Gasteiger partial charge on any atom is 0.407 e. The summed E-state index contributed by atoms with van der Waals surface area (Å²) in [5.74, 6) is 2.01. The van der Waals surface area contributed by atoms with Gasteiger partial charge in [0.1, 0.15) is 5.75 Å². The number of nitrogens with zero attached hydrogens (tertiary/aromatic N) is 2. The fraction of sp³-hybridized carbons (Fsp3) is 0.435. The smallest absolute Gasteiger partial charge is 0.407 e. The van der Waals surface area contributed by atoms with Gasteiger partial charge in [0.15, 0.2) is 0 Å². The molecule has 0 saturated carbocycles. The van der Waals surface area contributed by atoms with E-state index in [0.29, 0.717) is 19.1 Å². The second-order valence-corrected chi connectivity index (χ2v) is 9.32. The van der Waals surface area contributed by atoms with E-state index in [1.807, 2.05) is 30.0 Å². The van der Waals surface area contributed by atoms with Crippen LogP contribution in [0.25, 0.3) is 11.1 Å². The number of fused-ring (bicyclic) bond motifs is 3. The molecule has 0 aromatic heterocycles. The Bertz CT molecular complexity index is 995. The number of rotatable bonds is 3. The lowest BCUT2D eigenvalue weighted by Crippen LogP contribution is -2.48. The molecule has 5 rings (SSSR count). The number of likely N-dealkylation sites (tertiary alicyclic amines) is 1. The molecular weight excluding hydrogens is 400 g/mol. The van der Waals surface area contributed by atoms with Crippen LogP contribution in [0.3, 0.4) is 0 Å². The highest BCUT2D eigenvalue weighted by molar-refractivity contribution is 7.99. The van der Waals surface area contributed by atoms with E-state index < -0.39 is 6.09 Å². The number of amides is 1. The number of aliphatic hydroxyl groups is 1. The van der Waals surface area contributed by atoms with Gasteiger partial charge in [-0.2, -0.15) is 0 Å². The molecule has 7 heteroatoms. The summed E-state index contributed by atoms with van der Waals surface area (Å²) in [6.45, 7) is 2.12. The van der Waals surface area contributed by atoms with Gasteiger partial charge in [0.05, 0.1) is 19.4 Å². The second-order valence-electron chi connectivity index (χ2n) is 8.18. The molecule has 3 heterocycles. The summed E-state index contributed by atoms with van der Waals surface area (Å²) in [6.07, 6.45) is 1.17. The van der Waals surface area contributed by atoms with Crippen molar-refractivity contribution in [3.8, 4) is 16.9 Å². The number of benzene rings is 2. The van der Waals surface area contributed by atoms with E-state index in [-0.39, 0.29) is 12.5 Å². The van der Waals surface area contributed by atoms with E-state index in [2.05, 4.69) is 17.0 Å². The first-order chi connectivity index (χ1) is 14.6. The lowest BCUT2D eigenvalue weighted by Gasteiger charge is -2.37. The number of carboxylic acid groups (broad SMARTS) is 1. The second kappa shape index (κ2) is 7.71. The van der Waals surface area contributed by atoms with Crippen molar-refractivity contribution >= 4 is 23.5 Å². The maximum absolute atomic E-state index is 11.6. The number of hydrogen-bond donors (Lipinski definition) is 2. The summed E-state index contributed by atoms with van der Waals surface area (Å²) in [6, 6.07) is 10.7. The number of hydrogen-bond acceptors (Lipinski definition) is 5. The molecule has 2 atom stereocenters. The molecule has 0 unspecified atom stereocenters. The van der Waals surface area contributed by atoms with Gasteiger partial charge in [0, 0.05) is 36.5 Å². The Morgan fingerprint density at radius 3 is 2.90 bits per heavy atom. The summed E-state index contributed by atoms with van der Waals surface area (Å²) in [5, 5.41) is 19.5. The molecule has 0 radical (unpaired) electrons. The third-order valence-electron chi connectivity index (χ3n) is 6.63. The Morgan fingerprint density at radius 1 is 1.27 bits per heavy atom. The lowest BCUT2D eigenvalue weighted by molar-refractivity contribution is 0.127. The Hall–Kier alpha value is -2.38. The van der Waals surface area contributed by atoms with Crippen molar-refractivity contribution in [1.29, 1.82) is 0 Å². The van der Waals surface area contributed by atoms with Gasteiger partial charge in [-0.1, -0.05) is 6.07 Å². The van der Waals surface area contributed by atoms with E-state index in [9.17, 15) is 15.0 Å². The van der Waals surface area contributed by atoms with Crippen molar-refractivity contribution in [3.05, 3.63) is 41.5 Å². The minimum Gasteiger partial charge on any atom is -0.497 e. The van der Waals surface area contributed by atoms with Crippen molar-refractivity contribution in [3.63, 3.8) is 0 Å². The zero-order chi connectivity index (χ0) is 20.8. The highest BCUT2D eigenvalue weighted by Gasteiger charge is 2.44. The molecule has 3 aliphatic heterocycles. The first-order valence-corrected chi connectivity index (χ1v) is 11.4. The molecule has 2 N–H and O–H groups in total. The van der Waals surface area contributed by atoms with Crippen LogP contribution in [-0.4, -0.2) is 59.7 Å². The monoisotopic (exact) mass is 426 g/mol. The summed E-state index contributed by atoms with van der Waals surface area (Å²) in [4.78, 5) is 17.0. The van der Waals surface area contributed by atoms with Crippen molar-refractivity contribution in [2.75, 3.05) is 37.4 Å². The van der Waals surface area contributed by atoms with Crippen LogP contribution < -0.4 is 9.64 Å². The van der Waals surface area contributed by atoms with E-state index in [4.69, 9.17) is 4.74 Å². The highest BCUT2D eigenvalue weighted by Crippen LogP contribution is 2.52. The number of thioether (sulfide) groups is 1. The molecule has 0 spiro atoms. The fourth-order valence-corrected chi connectivity index (χ4v) is 6.32. The molecule has 30 heavy (non-hydrogen) atoms. The largest absolute Gasteiger partial charge is 0.497 e. The number of anilines is 1. The molecule has 1 amide bonds. The first kappa shape index (κ1) is 19.6. The van der Waals surface area contributed by atoms with Gasteiger partial charge in [0.25, 0.3) is 0 Å². The number of methoxy groups -OCH3 is 1. The SMILES string of the molecule is COc1ccc(-c2cc3c4c(c2)[C@@H]2CN(C(=O)O)CC[C@@H]2N4CCCS3)c(CO)c1. The van der Waals surface area contributed by atoms with Gasteiger partial charge in [-0.25, -0.2) is 4.79 Å². The number of aliphatic hydroxyl groups excluding tert-OH is 1. The lowest BCUT2D eigenvalue weighted by atomic mass is 9.87. The molecular formula is C23H26N2O4S. The number of ether oxygens (including phenoxy) is 1. The average Bonchev–Trinajstić information content (AvgIpc) is 2.92. The van der Waals surface area contributed by atoms with Crippen molar-refractivity contribution in [2.45, 2.75) is 36.3 Å². The Morgan fingerprint density at radius 2 is 2.13 bits per heavy atom. The van der Waals surface area contributed by atoms with Crippen molar-refractivity contribution in [2.24, 2.45) is 0 Å². The fourth-order valence-electron chi connectivity index (χ4n) is 5.25. The van der Waals surface area contributed by atoms with Gasteiger partial charge in [-0.15, -0.1) is 11.8 Å². The highest BCUT2D eigenvalue weighted by atomic mass is 32.2. The van der Waals surface area contributed by atoms with E-state index in [1.54, 1.807) is 12.0 Å². The van der Waals surface area contributed by atoms with Crippen LogP contribution >= 0.6 is 11.8 Å². The molecule has 0 aliphatic carbocycles. The Labute approximate surface area is 180 Å². The Balaban J connectivity index is 1.64. The van der Waals surface area contributed by atoms with Crippen LogP contribution in [0.15, 0.2) is 35.2 Å². The van der Waals surface area contributed by atoms with Crippen molar-refractivity contribution in [1.82, 2.24) is 4.90 Å². The summed E-state index contributed by atoms with van der Waals surface area (Å²) in [5.41, 5.74) is 5.48. The third kappa shape index (κ3) is 3.11. The van der Waals surface area contributed by atoms with E-state index in [1.165, 1.54) is 16.1 Å². The van der Waals surface area contributed by atoms with Crippen LogP contribution in [0.1, 0.15) is 29.9 Å². The summed E-state index contributed by atoms with van der Waals surface area (Å²) < 4.78 is 5.33. The van der Waals surface area contributed by atoms with Crippen LogP contribution in [0.2, 0.25) is 0 Å². The molecule has 0 bridgehead atoms. The summed E-state index contributed by atoms with van der Waals surface area (Å²) in [7, 11) is 1.63. The minimum atomic E-state index is -0.830. The van der Waals surface area contributed by atoms with Crippen LogP contribution in [0.5, 0.6) is 5.75 Å². The predicted octanol–water partition coefficient (Wildman–Crippen LogP) is 4.01. The van der Waals surface area contributed by atoms with Gasteiger partial charge in [0.2, 0.25) is 0 Å². The molecule has 1 fully saturated rings. The van der Waals surface area contributed by atoms with Gasteiger partial charge < -0.3 is 24.7 Å². The molecule has 3 aliphatic rings. The molecule has 2 aromatic rings. The van der Waals surface area contributed by atoms with Crippen molar-refractivity contribution < 1.29 is 19.7 Å². The van der Waals surface area contributed by atoms with Gasteiger partial charge in [-0.05, 0) is 65.1 Å². The zero-order valence-electron chi connectivity index (χ0n) is 17.0. The molecule has 1 saturated heterocycles. The predicted molar refractivity (Wildman–Crippen MR) is 118 cm³/mol. The van der Waals surface area contributed by atoms with Crippen LogP contribution in [0.4, 0.5) is 10.5 Å². The van der Waals surface area contributed by atoms with E-state index >= 15 is 0 Å². The molecule has 6 nitrogen and oxygen atoms in total. The quantitative estimate of drug-likeness (QED) is 0.773. The Kier molecular flexibility index (Phi) is 5.03. The molecule has 2 aromatic carbocycles. The number of carbonyl (C=O) groups is 1. The molecule has 158 valence electrons. The topological polar surface area (TPSA) is 73.2 Å². The van der Waals surface area contributed by atoms with Crippen LogP contribution in [-0.2, 0) is 6.61 Å². The normalized spacial score (nSPS) is 22.3. The number of piperidine rings is 1. The average molecular weight is 427 g/mol. The van der Waals surface area contributed by atoms with Gasteiger partial charge >= 0.3 is 6.09 Å². The van der Waals surface area contributed by atoms with E-state index in [0.717, 1.165) is 47.6 Å². The van der Waals surface area contributed by atoms with Gasteiger partial charge in [-0.3, -0.25) is 0 Å². The standard InChI is InChI=1S/C23H26N2O4S/c1-29-16-3-4-17(15(9-16)13-26)14-10-18-19-12-24(23(27)28)7-5-20(19)25-6-2-8-30-21(11-14)22(18)25/h3-4,9-11,19-20,26H,2,5-8,12-13H2,1H3,(H,27,28)/t19-,20-/m0/s1. The van der Waals surface area contributed by atoms with Crippen LogP contribution in [0, 0.1) is 0 Å².